The van der Waals surface area contributed by atoms with Crippen LogP contribution in [0.15, 0.2) is 60.7 Å². The van der Waals surface area contributed by atoms with Crippen molar-refractivity contribution in [2.24, 2.45) is 0 Å². The number of carbonyl (C=O) groups is 2. The van der Waals surface area contributed by atoms with Gasteiger partial charge in [-0.15, -0.1) is 0 Å². The molecular weight excluding hydrogens is 458 g/mol. The summed E-state index contributed by atoms with van der Waals surface area (Å²) in [6, 6.07) is 15.2. The second kappa shape index (κ2) is 10.7. The fourth-order valence-corrected chi connectivity index (χ4v) is 4.63. The molecule has 0 atom stereocenters. The van der Waals surface area contributed by atoms with Crippen LogP contribution in [0.4, 0.5) is 14.5 Å². The number of thioether (sulfide) groups is 1. The molecule has 0 aliphatic carbocycles. The van der Waals surface area contributed by atoms with Gasteiger partial charge in [0.05, 0.1) is 19.1 Å². The molecule has 0 bridgehead atoms. The van der Waals surface area contributed by atoms with Gasteiger partial charge in [0.15, 0.2) is 0 Å². The highest BCUT2D eigenvalue weighted by molar-refractivity contribution is 7.99. The van der Waals surface area contributed by atoms with Gasteiger partial charge in [0.1, 0.15) is 17.4 Å². The van der Waals surface area contributed by atoms with E-state index in [1.54, 1.807) is 30.3 Å². The van der Waals surface area contributed by atoms with E-state index in [1.807, 2.05) is 16.7 Å². The number of nitrogens with one attached hydrogen (secondary N) is 1. The number of anilines is 1. The Balaban J connectivity index is 1.41. The third-order valence-corrected chi connectivity index (χ3v) is 6.57. The first-order valence-electron chi connectivity index (χ1n) is 10.8. The summed E-state index contributed by atoms with van der Waals surface area (Å²) in [6.45, 7) is 1.54. The number of nitrogens with zero attached hydrogens (tertiary/aromatic N) is 1. The van der Waals surface area contributed by atoms with Gasteiger partial charge in [0.2, 0.25) is 5.91 Å². The Morgan fingerprint density at radius 2 is 1.71 bits per heavy atom. The van der Waals surface area contributed by atoms with Crippen LogP contribution in [0.25, 0.3) is 11.1 Å². The van der Waals surface area contributed by atoms with E-state index in [0.717, 1.165) is 36.2 Å². The minimum atomic E-state index is -0.757. The summed E-state index contributed by atoms with van der Waals surface area (Å²) >= 11 is 1.85. The number of halogens is 2. The Hall–Kier alpha value is -3.39. The molecule has 0 aromatic heterocycles. The standard InChI is InChI=1S/C26H24F2N2O3S/c1-33-20-7-9-21(24(28)16-20)18-4-8-22(23(27)15-18)26(32)29-19-5-2-17(3-6-19)14-25(31)30-10-12-34-13-11-30/h2-9,15-16H,10-14H2,1H3,(H,29,32). The zero-order valence-electron chi connectivity index (χ0n) is 18.6. The molecule has 34 heavy (non-hydrogen) atoms. The molecule has 1 heterocycles. The largest absolute Gasteiger partial charge is 0.497 e. The van der Waals surface area contributed by atoms with Crippen molar-refractivity contribution < 1.29 is 23.1 Å². The number of amides is 2. The fraction of sp³-hybridized carbons (Fsp3) is 0.231. The van der Waals surface area contributed by atoms with Crippen LogP contribution in [-0.4, -0.2) is 48.4 Å². The predicted molar refractivity (Wildman–Crippen MR) is 130 cm³/mol. The van der Waals surface area contributed by atoms with Crippen molar-refractivity contribution in [1.82, 2.24) is 4.90 Å². The van der Waals surface area contributed by atoms with E-state index in [4.69, 9.17) is 4.74 Å². The van der Waals surface area contributed by atoms with Gasteiger partial charge in [0, 0.05) is 41.9 Å². The van der Waals surface area contributed by atoms with Gasteiger partial charge in [-0.1, -0.05) is 18.2 Å². The van der Waals surface area contributed by atoms with Crippen molar-refractivity contribution in [3.63, 3.8) is 0 Å². The van der Waals surface area contributed by atoms with Gasteiger partial charge in [0.25, 0.3) is 5.91 Å². The van der Waals surface area contributed by atoms with Crippen molar-refractivity contribution in [2.45, 2.75) is 6.42 Å². The minimum Gasteiger partial charge on any atom is -0.497 e. The molecule has 1 aliphatic rings. The summed E-state index contributed by atoms with van der Waals surface area (Å²) in [5.41, 5.74) is 1.70. The Bertz CT molecular complexity index is 1200. The molecule has 1 fully saturated rings. The molecule has 2 amide bonds. The molecule has 5 nitrogen and oxygen atoms in total. The van der Waals surface area contributed by atoms with Crippen molar-refractivity contribution in [2.75, 3.05) is 37.0 Å². The zero-order chi connectivity index (χ0) is 24.1. The van der Waals surface area contributed by atoms with E-state index in [-0.39, 0.29) is 17.0 Å². The molecule has 0 saturated carbocycles. The molecule has 176 valence electrons. The molecule has 4 rings (SSSR count). The average molecular weight is 483 g/mol. The molecule has 3 aromatic carbocycles. The zero-order valence-corrected chi connectivity index (χ0v) is 19.5. The van der Waals surface area contributed by atoms with Crippen molar-refractivity contribution in [3.05, 3.63) is 83.4 Å². The summed E-state index contributed by atoms with van der Waals surface area (Å²) in [5, 5.41) is 2.66. The lowest BCUT2D eigenvalue weighted by Crippen LogP contribution is -2.38. The van der Waals surface area contributed by atoms with Gasteiger partial charge in [-0.05, 0) is 47.5 Å². The first-order valence-corrected chi connectivity index (χ1v) is 12.0. The van der Waals surface area contributed by atoms with Crippen molar-refractivity contribution in [3.8, 4) is 16.9 Å². The molecule has 3 aromatic rings. The second-order valence-electron chi connectivity index (χ2n) is 7.86. The molecule has 0 radical (unpaired) electrons. The number of carbonyl (C=O) groups excluding carboxylic acids is 2. The van der Waals surface area contributed by atoms with Gasteiger partial charge in [-0.25, -0.2) is 8.78 Å². The highest BCUT2D eigenvalue weighted by atomic mass is 32.2. The quantitative estimate of drug-likeness (QED) is 0.537. The van der Waals surface area contributed by atoms with Crippen LogP contribution in [0.1, 0.15) is 15.9 Å². The first kappa shape index (κ1) is 23.8. The van der Waals surface area contributed by atoms with Crippen molar-refractivity contribution >= 4 is 29.3 Å². The molecule has 1 N–H and O–H groups in total. The average Bonchev–Trinajstić information content (AvgIpc) is 2.85. The number of ether oxygens (including phenoxy) is 1. The first-order chi connectivity index (χ1) is 16.4. The van der Waals surface area contributed by atoms with Gasteiger partial charge < -0.3 is 15.0 Å². The SMILES string of the molecule is COc1ccc(-c2ccc(C(=O)Nc3ccc(CC(=O)N4CCSCC4)cc3)c(F)c2)c(F)c1. The Labute approximate surface area is 201 Å². The molecule has 0 unspecified atom stereocenters. The summed E-state index contributed by atoms with van der Waals surface area (Å²) in [4.78, 5) is 26.9. The fourth-order valence-electron chi connectivity index (χ4n) is 3.73. The third kappa shape index (κ3) is 5.56. The topological polar surface area (TPSA) is 58.6 Å². The minimum absolute atomic E-state index is 0.0903. The molecule has 0 spiro atoms. The summed E-state index contributed by atoms with van der Waals surface area (Å²) < 4.78 is 34.0. The summed E-state index contributed by atoms with van der Waals surface area (Å²) in [7, 11) is 1.43. The third-order valence-electron chi connectivity index (χ3n) is 5.63. The number of rotatable bonds is 6. The van der Waals surface area contributed by atoms with Crippen LogP contribution in [0, 0.1) is 11.6 Å². The molecule has 1 aliphatic heterocycles. The highest BCUT2D eigenvalue weighted by Crippen LogP contribution is 2.28. The maximum absolute atomic E-state index is 14.7. The Kier molecular flexibility index (Phi) is 7.47. The van der Waals surface area contributed by atoms with Crippen LogP contribution >= 0.6 is 11.8 Å². The van der Waals surface area contributed by atoms with Crippen LogP contribution in [0.3, 0.4) is 0 Å². The van der Waals surface area contributed by atoms with Crippen LogP contribution in [-0.2, 0) is 11.2 Å². The second-order valence-corrected chi connectivity index (χ2v) is 9.09. The van der Waals surface area contributed by atoms with E-state index in [2.05, 4.69) is 5.32 Å². The normalized spacial score (nSPS) is 13.4. The summed E-state index contributed by atoms with van der Waals surface area (Å²) in [5.74, 6) is 0.452. The Morgan fingerprint density at radius 1 is 0.971 bits per heavy atom. The maximum Gasteiger partial charge on any atom is 0.258 e. The van der Waals surface area contributed by atoms with E-state index < -0.39 is 17.5 Å². The van der Waals surface area contributed by atoms with E-state index in [9.17, 15) is 18.4 Å². The number of hydrogen-bond acceptors (Lipinski definition) is 4. The lowest BCUT2D eigenvalue weighted by molar-refractivity contribution is -0.130. The monoisotopic (exact) mass is 482 g/mol. The van der Waals surface area contributed by atoms with Crippen LogP contribution < -0.4 is 10.1 Å². The van der Waals surface area contributed by atoms with Crippen molar-refractivity contribution in [1.29, 1.82) is 0 Å². The number of methoxy groups -OCH3 is 1. The summed E-state index contributed by atoms with van der Waals surface area (Å²) in [6.07, 6.45) is 0.302. The van der Waals surface area contributed by atoms with Gasteiger partial charge in [-0.3, -0.25) is 9.59 Å². The number of benzene rings is 3. The molecular formula is C26H24F2N2O3S. The lowest BCUT2D eigenvalue weighted by Gasteiger charge is -2.26. The Morgan fingerprint density at radius 3 is 2.35 bits per heavy atom. The van der Waals surface area contributed by atoms with E-state index in [0.29, 0.717) is 23.4 Å². The highest BCUT2D eigenvalue weighted by Gasteiger charge is 2.18. The van der Waals surface area contributed by atoms with Crippen LogP contribution in [0.5, 0.6) is 5.75 Å². The lowest BCUT2D eigenvalue weighted by atomic mass is 10.0. The predicted octanol–water partition coefficient (Wildman–Crippen LogP) is 5.01. The van der Waals surface area contributed by atoms with E-state index in [1.165, 1.54) is 31.4 Å². The molecule has 1 saturated heterocycles. The number of hydrogen-bond donors (Lipinski definition) is 1. The maximum atomic E-state index is 14.7. The van der Waals surface area contributed by atoms with Crippen LogP contribution in [0.2, 0.25) is 0 Å². The van der Waals surface area contributed by atoms with Gasteiger partial charge >= 0.3 is 0 Å². The molecule has 8 heteroatoms. The smallest absolute Gasteiger partial charge is 0.258 e. The van der Waals surface area contributed by atoms with E-state index >= 15 is 0 Å². The van der Waals surface area contributed by atoms with Gasteiger partial charge in [-0.2, -0.15) is 11.8 Å².